The van der Waals surface area contributed by atoms with Gasteiger partial charge in [0.1, 0.15) is 5.82 Å². The highest BCUT2D eigenvalue weighted by molar-refractivity contribution is 6.74. The van der Waals surface area contributed by atoms with E-state index in [1.807, 2.05) is 18.3 Å². The molecule has 131 valence electrons. The van der Waals surface area contributed by atoms with Gasteiger partial charge in [-0.1, -0.05) is 45.0 Å². The molecule has 4 heteroatoms. The first-order valence-corrected chi connectivity index (χ1v) is 11.5. The largest absolute Gasteiger partial charge is 0.564 e. The monoisotopic (exact) mass is 342 g/mol. The molecular formula is C20H30N2OSi-. The number of nitrogen functional groups attached to an aromatic ring is 1. The van der Waals surface area contributed by atoms with Crippen LogP contribution in [0.4, 0.5) is 5.82 Å². The van der Waals surface area contributed by atoms with Gasteiger partial charge in [-0.25, -0.2) is 4.98 Å². The Morgan fingerprint density at radius 2 is 1.83 bits per heavy atom. The fraction of sp³-hybridized carbons (Fsp3) is 0.450. The molecular weight excluding hydrogens is 312 g/mol. The maximum absolute atomic E-state index is 6.26. The van der Waals surface area contributed by atoms with Gasteiger partial charge in [0.2, 0.25) is 0 Å². The van der Waals surface area contributed by atoms with Crippen molar-refractivity contribution in [3.05, 3.63) is 48.2 Å². The molecule has 1 aromatic heterocycles. The van der Waals surface area contributed by atoms with Crippen LogP contribution in [0.2, 0.25) is 18.1 Å². The Kier molecular flexibility index (Phi) is 5.83. The van der Waals surface area contributed by atoms with E-state index < -0.39 is 8.32 Å². The molecule has 2 N–H and O–H groups in total. The van der Waals surface area contributed by atoms with E-state index in [0.29, 0.717) is 5.82 Å². The summed E-state index contributed by atoms with van der Waals surface area (Å²) in [6, 6.07) is 12.5. The van der Waals surface area contributed by atoms with Gasteiger partial charge in [-0.2, -0.15) is 0 Å². The molecule has 0 aliphatic carbocycles. The predicted molar refractivity (Wildman–Crippen MR) is 106 cm³/mol. The Labute approximate surface area is 147 Å². The molecule has 0 aliphatic heterocycles. The smallest absolute Gasteiger partial charge is 0.123 e. The molecule has 0 radical (unpaired) electrons. The molecule has 0 aliphatic rings. The predicted octanol–water partition coefficient (Wildman–Crippen LogP) is 5.29. The third kappa shape index (κ3) is 4.92. The molecule has 0 bridgehead atoms. The Morgan fingerprint density at radius 1 is 1.08 bits per heavy atom. The Balaban J connectivity index is 1.92. The van der Waals surface area contributed by atoms with E-state index >= 15 is 0 Å². The standard InChI is InChI=1S/C20H30N2OSi/c1-20(2,3)24(4,5)23-13-7-9-16-8-6-10-17(14-16)18-11-12-19(21)22-15-18/h6,8,10-12,14-15H,7,9,13H2,1-5H3,(H2,21,22)/q-1. The molecule has 24 heavy (non-hydrogen) atoms. The average molecular weight is 343 g/mol. The summed E-state index contributed by atoms with van der Waals surface area (Å²) in [5.74, 6) is 0.553. The lowest BCUT2D eigenvalue weighted by molar-refractivity contribution is 0.282. The van der Waals surface area contributed by atoms with Crippen LogP contribution in [0.25, 0.3) is 11.1 Å². The average Bonchev–Trinajstić information content (AvgIpc) is 2.51. The molecule has 0 saturated heterocycles. The fourth-order valence-corrected chi connectivity index (χ4v) is 3.39. The third-order valence-corrected chi connectivity index (χ3v) is 9.46. The molecule has 0 saturated carbocycles. The van der Waals surface area contributed by atoms with Crippen molar-refractivity contribution in [2.45, 2.75) is 51.7 Å². The highest BCUT2D eigenvalue weighted by Crippen LogP contribution is 2.36. The molecule has 0 fully saturated rings. The van der Waals surface area contributed by atoms with E-state index in [-0.39, 0.29) is 5.04 Å². The van der Waals surface area contributed by atoms with Crippen molar-refractivity contribution in [1.82, 2.24) is 4.98 Å². The summed E-state index contributed by atoms with van der Waals surface area (Å²) < 4.78 is 6.26. The van der Waals surface area contributed by atoms with Gasteiger partial charge in [-0.3, -0.25) is 0 Å². The topological polar surface area (TPSA) is 48.1 Å². The Morgan fingerprint density at radius 3 is 2.46 bits per heavy atom. The number of rotatable bonds is 6. The van der Waals surface area contributed by atoms with Crippen molar-refractivity contribution in [3.63, 3.8) is 0 Å². The van der Waals surface area contributed by atoms with Gasteiger partial charge in [-0.05, 0) is 44.4 Å². The number of hydrogen-bond acceptors (Lipinski definition) is 3. The Bertz CT molecular complexity index is 660. The molecule has 3 nitrogen and oxygen atoms in total. The number of hydrogen-bond donors (Lipinski definition) is 1. The summed E-state index contributed by atoms with van der Waals surface area (Å²) in [6.45, 7) is 12.3. The van der Waals surface area contributed by atoms with Gasteiger partial charge >= 0.3 is 0 Å². The van der Waals surface area contributed by atoms with Crippen molar-refractivity contribution < 1.29 is 4.43 Å². The maximum atomic E-state index is 6.26. The summed E-state index contributed by atoms with van der Waals surface area (Å²) in [5.41, 5.74) is 9.28. The van der Waals surface area contributed by atoms with Crippen molar-refractivity contribution >= 4 is 14.1 Å². The first-order valence-electron chi connectivity index (χ1n) is 8.64. The molecule has 0 spiro atoms. The minimum atomic E-state index is -1.63. The normalized spacial score (nSPS) is 12.4. The second-order valence-corrected chi connectivity index (χ2v) is 12.7. The summed E-state index contributed by atoms with van der Waals surface area (Å²) in [6.07, 6.45) is 3.91. The van der Waals surface area contributed by atoms with Crippen LogP contribution in [-0.2, 0) is 10.8 Å². The summed E-state index contributed by atoms with van der Waals surface area (Å²) in [7, 11) is -1.63. The number of pyridine rings is 1. The maximum Gasteiger partial charge on any atom is 0.123 e. The first kappa shape index (κ1) is 18.7. The number of nitrogens with zero attached hydrogens (tertiary/aromatic N) is 1. The van der Waals surface area contributed by atoms with Gasteiger partial charge < -0.3 is 10.2 Å². The molecule has 1 heterocycles. The summed E-state index contributed by atoms with van der Waals surface area (Å²) in [4.78, 5) is 4.17. The van der Waals surface area contributed by atoms with Crippen molar-refractivity contribution in [2.24, 2.45) is 0 Å². The summed E-state index contributed by atoms with van der Waals surface area (Å²) >= 11 is 0. The van der Waals surface area contributed by atoms with Crippen LogP contribution in [0.3, 0.4) is 0 Å². The molecule has 2 aromatic rings. The fourth-order valence-electron chi connectivity index (χ4n) is 2.30. The third-order valence-electron chi connectivity index (χ3n) is 4.93. The molecule has 1 aromatic carbocycles. The van der Waals surface area contributed by atoms with Crippen LogP contribution >= 0.6 is 0 Å². The number of anilines is 1. The van der Waals surface area contributed by atoms with Gasteiger partial charge in [-0.15, -0.1) is 18.1 Å². The van der Waals surface area contributed by atoms with Crippen molar-refractivity contribution in [1.29, 1.82) is 0 Å². The lowest BCUT2D eigenvalue weighted by Gasteiger charge is -2.48. The lowest BCUT2D eigenvalue weighted by atomic mass is 10.0. The zero-order valence-electron chi connectivity index (χ0n) is 15.6. The van der Waals surface area contributed by atoms with Gasteiger partial charge in [0.05, 0.1) is 0 Å². The molecule has 0 atom stereocenters. The Hall–Kier alpha value is -1.65. The van der Waals surface area contributed by atoms with E-state index in [9.17, 15) is 0 Å². The second kappa shape index (κ2) is 7.49. The van der Waals surface area contributed by atoms with Crippen LogP contribution in [0.1, 0.15) is 32.8 Å². The minimum absolute atomic E-state index is 0.273. The van der Waals surface area contributed by atoms with E-state index in [2.05, 4.69) is 63.1 Å². The van der Waals surface area contributed by atoms with Crippen LogP contribution < -0.4 is 5.73 Å². The highest BCUT2D eigenvalue weighted by Gasteiger charge is 2.24. The van der Waals surface area contributed by atoms with E-state index in [0.717, 1.165) is 25.0 Å². The number of benzene rings is 1. The minimum Gasteiger partial charge on any atom is -0.564 e. The lowest BCUT2D eigenvalue weighted by Crippen LogP contribution is -2.41. The van der Waals surface area contributed by atoms with Crippen LogP contribution in [-0.4, -0.2) is 19.9 Å². The summed E-state index contributed by atoms with van der Waals surface area (Å²) in [5, 5.41) is 0.273. The van der Waals surface area contributed by atoms with E-state index in [4.69, 9.17) is 10.2 Å². The number of aryl methyl sites for hydroxylation is 1. The van der Waals surface area contributed by atoms with Crippen LogP contribution in [0, 0.1) is 0 Å². The van der Waals surface area contributed by atoms with Gasteiger partial charge in [0.25, 0.3) is 0 Å². The quantitative estimate of drug-likeness (QED) is 0.573. The number of nitrogens with two attached hydrogens (primary N) is 1. The van der Waals surface area contributed by atoms with Crippen LogP contribution in [0.15, 0.2) is 42.6 Å². The zero-order chi connectivity index (χ0) is 17.8. The van der Waals surface area contributed by atoms with Gasteiger partial charge in [0.15, 0.2) is 0 Å². The molecule has 0 unspecified atom stereocenters. The first-order chi connectivity index (χ1) is 11.2. The van der Waals surface area contributed by atoms with E-state index in [1.54, 1.807) is 0 Å². The zero-order valence-corrected chi connectivity index (χ0v) is 16.6. The van der Waals surface area contributed by atoms with Crippen molar-refractivity contribution in [3.8, 4) is 11.1 Å². The second-order valence-electron chi connectivity index (χ2n) is 7.88. The van der Waals surface area contributed by atoms with E-state index in [1.165, 1.54) is 11.1 Å². The van der Waals surface area contributed by atoms with Gasteiger partial charge in [0, 0.05) is 18.4 Å². The van der Waals surface area contributed by atoms with Crippen molar-refractivity contribution in [2.75, 3.05) is 12.3 Å². The molecule has 0 amide bonds. The number of aromatic nitrogens is 1. The van der Waals surface area contributed by atoms with Crippen LogP contribution in [0.5, 0.6) is 0 Å². The highest BCUT2D eigenvalue weighted by atomic mass is 28.4. The molecule has 2 rings (SSSR count). The SMILES string of the molecule is CC(C)(C)[Si-](C)(C)OCCCc1cccc(-c2ccc(N)nc2)c1.